The van der Waals surface area contributed by atoms with Gasteiger partial charge in [-0.2, -0.15) is 8.42 Å². The first-order chi connectivity index (χ1) is 5.25. The second-order valence-corrected chi connectivity index (χ2v) is 4.29. The topological polar surface area (TPSA) is 121 Å². The van der Waals surface area contributed by atoms with Crippen LogP contribution in [0.5, 0.6) is 0 Å². The maximum atomic E-state index is 10.6. The molecule has 0 fully saturated rings. The predicted molar refractivity (Wildman–Crippen MR) is 49.0 cm³/mol. The van der Waals surface area contributed by atoms with Crippen molar-refractivity contribution < 1.29 is 23.2 Å². The van der Waals surface area contributed by atoms with Gasteiger partial charge in [0.05, 0.1) is 6.10 Å². The van der Waals surface area contributed by atoms with E-state index < -0.39 is 34.1 Å². The van der Waals surface area contributed by atoms with Gasteiger partial charge < -0.3 is 15.9 Å². The molecule has 0 spiro atoms. The third-order valence-electron chi connectivity index (χ3n) is 1.69. The summed E-state index contributed by atoms with van der Waals surface area (Å²) in [6.45, 7) is 0.602. The number of aliphatic hydroxyl groups excluding tert-OH is 2. The van der Waals surface area contributed by atoms with Crippen molar-refractivity contribution >= 4 is 39.7 Å². The molecule has 76 valence electrons. The van der Waals surface area contributed by atoms with Crippen molar-refractivity contribution in [3.8, 4) is 0 Å². The third kappa shape index (κ3) is 3.80. The fraction of sp³-hybridized carbons (Fsp3) is 1.00. The van der Waals surface area contributed by atoms with Crippen molar-refractivity contribution in [1.29, 1.82) is 0 Å². The van der Waals surface area contributed by atoms with Gasteiger partial charge in [0.1, 0.15) is 0 Å². The Morgan fingerprint density at radius 1 is 1.54 bits per heavy atom. The second kappa shape index (κ2) is 5.62. The van der Waals surface area contributed by atoms with Crippen molar-refractivity contribution in [2.75, 3.05) is 6.61 Å². The Morgan fingerprint density at radius 2 is 1.92 bits per heavy atom. The first kappa shape index (κ1) is 16.2. The molecule has 0 saturated carbocycles. The van der Waals surface area contributed by atoms with Crippen LogP contribution in [0.4, 0.5) is 0 Å². The Labute approximate surface area is 99.2 Å². The SMILES string of the molecule is CC(O)C(N)(CCO)S(=O)(=O)O.[NaH]. The zero-order valence-electron chi connectivity index (χ0n) is 6.64. The van der Waals surface area contributed by atoms with Gasteiger partial charge in [0.25, 0.3) is 10.1 Å². The molecule has 0 heterocycles. The molecule has 0 amide bonds. The van der Waals surface area contributed by atoms with Crippen LogP contribution in [0.2, 0.25) is 0 Å². The van der Waals surface area contributed by atoms with Crippen molar-refractivity contribution in [2.45, 2.75) is 24.3 Å². The first-order valence-electron chi connectivity index (χ1n) is 3.30. The van der Waals surface area contributed by atoms with Crippen LogP contribution in [-0.4, -0.2) is 70.3 Å². The molecule has 0 aromatic rings. The molecular formula is C5H14NNaO5S. The second-order valence-electron chi connectivity index (χ2n) is 2.58. The van der Waals surface area contributed by atoms with E-state index >= 15 is 0 Å². The number of hydrogen-bond donors (Lipinski definition) is 4. The molecule has 6 nitrogen and oxygen atoms in total. The monoisotopic (exact) mass is 223 g/mol. The van der Waals surface area contributed by atoms with Gasteiger partial charge in [-0.15, -0.1) is 0 Å². The minimum absolute atomic E-state index is 0. The summed E-state index contributed by atoms with van der Waals surface area (Å²) in [5.41, 5.74) is 5.18. The molecule has 0 bridgehead atoms. The van der Waals surface area contributed by atoms with Gasteiger partial charge in [0, 0.05) is 13.0 Å². The summed E-state index contributed by atoms with van der Waals surface area (Å²) in [4.78, 5) is -2.18. The third-order valence-corrected chi connectivity index (χ3v) is 3.20. The van der Waals surface area contributed by atoms with Crippen molar-refractivity contribution in [3.05, 3.63) is 0 Å². The summed E-state index contributed by atoms with van der Waals surface area (Å²) in [6, 6.07) is 0. The molecule has 0 aliphatic rings. The first-order valence-corrected chi connectivity index (χ1v) is 4.74. The summed E-state index contributed by atoms with van der Waals surface area (Å²) in [6.07, 6.45) is -1.86. The van der Waals surface area contributed by atoms with Crippen LogP contribution < -0.4 is 5.73 Å². The van der Waals surface area contributed by atoms with E-state index in [1.807, 2.05) is 0 Å². The van der Waals surface area contributed by atoms with E-state index in [-0.39, 0.29) is 29.6 Å². The van der Waals surface area contributed by atoms with Crippen LogP contribution in [-0.2, 0) is 10.1 Å². The molecular weight excluding hydrogens is 209 g/mol. The molecule has 0 rings (SSSR count). The van der Waals surface area contributed by atoms with E-state index in [0.29, 0.717) is 0 Å². The van der Waals surface area contributed by atoms with Gasteiger partial charge in [0.2, 0.25) is 0 Å². The van der Waals surface area contributed by atoms with Gasteiger partial charge in [-0.3, -0.25) is 4.55 Å². The summed E-state index contributed by atoms with van der Waals surface area (Å²) in [5, 5.41) is 17.4. The van der Waals surface area contributed by atoms with Gasteiger partial charge in [-0.25, -0.2) is 0 Å². The molecule has 13 heavy (non-hydrogen) atoms. The zero-order valence-corrected chi connectivity index (χ0v) is 7.45. The van der Waals surface area contributed by atoms with E-state index in [9.17, 15) is 8.42 Å². The Balaban J connectivity index is 0. The van der Waals surface area contributed by atoms with Crippen LogP contribution in [0.3, 0.4) is 0 Å². The summed E-state index contributed by atoms with van der Waals surface area (Å²) in [7, 11) is -4.56. The van der Waals surface area contributed by atoms with Crippen LogP contribution in [0.1, 0.15) is 13.3 Å². The molecule has 5 N–H and O–H groups in total. The fourth-order valence-electron chi connectivity index (χ4n) is 0.728. The normalized spacial score (nSPS) is 18.5. The van der Waals surface area contributed by atoms with E-state index in [1.165, 1.54) is 0 Å². The molecule has 0 radical (unpaired) electrons. The summed E-state index contributed by atoms with van der Waals surface area (Å²) >= 11 is 0. The van der Waals surface area contributed by atoms with Crippen LogP contribution >= 0.6 is 0 Å². The van der Waals surface area contributed by atoms with E-state index in [2.05, 4.69) is 0 Å². The summed E-state index contributed by atoms with van der Waals surface area (Å²) < 4.78 is 29.9. The molecule has 0 aliphatic heterocycles. The zero-order chi connectivity index (χ0) is 9.99. The Kier molecular flexibility index (Phi) is 7.01. The molecule has 0 aromatic carbocycles. The molecule has 0 aliphatic carbocycles. The Bertz CT molecular complexity index is 241. The van der Waals surface area contributed by atoms with Gasteiger partial charge in [-0.05, 0) is 6.92 Å². The van der Waals surface area contributed by atoms with Crippen LogP contribution in [0.15, 0.2) is 0 Å². The minimum atomic E-state index is -4.56. The number of aliphatic hydroxyl groups is 2. The molecule has 0 aromatic heterocycles. The quantitative estimate of drug-likeness (QED) is 0.312. The van der Waals surface area contributed by atoms with Crippen molar-refractivity contribution in [2.24, 2.45) is 5.73 Å². The number of hydrogen-bond acceptors (Lipinski definition) is 5. The average molecular weight is 223 g/mol. The molecule has 0 saturated heterocycles. The summed E-state index contributed by atoms with van der Waals surface area (Å²) in [5.74, 6) is 0. The number of rotatable bonds is 4. The van der Waals surface area contributed by atoms with Gasteiger partial charge >= 0.3 is 29.6 Å². The van der Waals surface area contributed by atoms with E-state index in [0.717, 1.165) is 6.92 Å². The number of nitrogens with two attached hydrogens (primary N) is 1. The van der Waals surface area contributed by atoms with E-state index in [4.69, 9.17) is 20.5 Å². The Morgan fingerprint density at radius 3 is 2.00 bits per heavy atom. The fourth-order valence-corrected chi connectivity index (χ4v) is 1.51. The molecule has 2 unspecified atom stereocenters. The molecule has 8 heteroatoms. The predicted octanol–water partition coefficient (Wildman–Crippen LogP) is -2.36. The standard InChI is InChI=1S/C5H13NO5S.Na.H/c1-4(8)5(6,2-3-7)12(9,10)11;;/h4,7-8H,2-3,6H2,1H3,(H,9,10,11);;. The van der Waals surface area contributed by atoms with Crippen molar-refractivity contribution in [3.63, 3.8) is 0 Å². The average Bonchev–Trinajstić information content (AvgIpc) is 1.85. The molecule has 2 atom stereocenters. The van der Waals surface area contributed by atoms with Crippen LogP contribution in [0.25, 0.3) is 0 Å². The van der Waals surface area contributed by atoms with Crippen LogP contribution in [0, 0.1) is 0 Å². The van der Waals surface area contributed by atoms with Gasteiger partial charge in [-0.1, -0.05) is 0 Å². The van der Waals surface area contributed by atoms with Gasteiger partial charge in [0.15, 0.2) is 4.87 Å². The maximum absolute atomic E-state index is 10.6. The Hall–Kier alpha value is 0.790. The van der Waals surface area contributed by atoms with E-state index in [1.54, 1.807) is 0 Å². The van der Waals surface area contributed by atoms with Crippen molar-refractivity contribution in [1.82, 2.24) is 0 Å².